The summed E-state index contributed by atoms with van der Waals surface area (Å²) in [5.41, 5.74) is 2.66. The Balaban J connectivity index is 1.50. The van der Waals surface area contributed by atoms with Gasteiger partial charge in [-0.2, -0.15) is 5.10 Å². The number of hydrogen-bond acceptors (Lipinski definition) is 3. The lowest BCUT2D eigenvalue weighted by atomic mass is 9.94. The van der Waals surface area contributed by atoms with E-state index >= 15 is 0 Å². The van der Waals surface area contributed by atoms with E-state index in [0.29, 0.717) is 5.92 Å². The monoisotopic (exact) mass is 370 g/mol. The minimum Gasteiger partial charge on any atom is -0.334 e. The lowest BCUT2D eigenvalue weighted by Crippen LogP contribution is -2.47. The molecule has 4 heterocycles. The van der Waals surface area contributed by atoms with E-state index in [9.17, 15) is 9.18 Å². The van der Waals surface area contributed by atoms with Crippen molar-refractivity contribution < 1.29 is 9.18 Å². The molecule has 0 saturated carbocycles. The fraction of sp³-hybridized carbons (Fsp3) is 0.524. The SMILES string of the molecule is CCn1cc(C(=O)N2C[C@@H]3CC[C@H]2CN(Cc2ccc(F)cc2)C3)c(C)n1. The number of benzene rings is 1. The molecule has 0 unspecified atom stereocenters. The minimum absolute atomic E-state index is 0.116. The largest absolute Gasteiger partial charge is 0.334 e. The molecule has 144 valence electrons. The molecule has 27 heavy (non-hydrogen) atoms. The normalized spacial score (nSPS) is 22.9. The van der Waals surface area contributed by atoms with Crippen LogP contribution in [0, 0.1) is 18.7 Å². The second kappa shape index (κ2) is 7.43. The van der Waals surface area contributed by atoms with Crippen molar-refractivity contribution in [2.24, 2.45) is 5.92 Å². The van der Waals surface area contributed by atoms with E-state index in [1.165, 1.54) is 18.6 Å². The van der Waals surface area contributed by atoms with Gasteiger partial charge in [-0.15, -0.1) is 0 Å². The topological polar surface area (TPSA) is 41.4 Å². The van der Waals surface area contributed by atoms with Gasteiger partial charge >= 0.3 is 0 Å². The van der Waals surface area contributed by atoms with Crippen LogP contribution in [0.25, 0.3) is 0 Å². The van der Waals surface area contributed by atoms with Gasteiger partial charge in [-0.1, -0.05) is 12.1 Å². The van der Waals surface area contributed by atoms with Crippen molar-refractivity contribution in [1.29, 1.82) is 0 Å². The third kappa shape index (κ3) is 3.76. The molecule has 5 rings (SSSR count). The second-order valence-corrected chi connectivity index (χ2v) is 7.86. The van der Waals surface area contributed by atoms with Crippen LogP contribution in [0.1, 0.15) is 41.4 Å². The summed E-state index contributed by atoms with van der Waals surface area (Å²) in [6, 6.07) is 6.99. The van der Waals surface area contributed by atoms with Crippen LogP contribution in [-0.4, -0.2) is 51.2 Å². The van der Waals surface area contributed by atoms with Crippen molar-refractivity contribution in [2.45, 2.75) is 45.8 Å². The number of rotatable bonds is 4. The molecule has 3 saturated heterocycles. The lowest BCUT2D eigenvalue weighted by molar-refractivity contribution is 0.0584. The highest BCUT2D eigenvalue weighted by Crippen LogP contribution is 2.30. The average molecular weight is 370 g/mol. The molecule has 2 bridgehead atoms. The highest BCUT2D eigenvalue weighted by molar-refractivity contribution is 5.95. The lowest BCUT2D eigenvalue weighted by Gasteiger charge is -2.36. The molecule has 2 aromatic rings. The zero-order valence-corrected chi connectivity index (χ0v) is 16.1. The van der Waals surface area contributed by atoms with Crippen LogP contribution in [-0.2, 0) is 13.1 Å². The molecule has 1 aromatic carbocycles. The van der Waals surface area contributed by atoms with Gasteiger partial charge in [0.2, 0.25) is 0 Å². The molecule has 3 fully saturated rings. The number of hydrogen-bond donors (Lipinski definition) is 0. The van der Waals surface area contributed by atoms with E-state index < -0.39 is 0 Å². The summed E-state index contributed by atoms with van der Waals surface area (Å²) in [6.45, 7) is 8.21. The summed E-state index contributed by atoms with van der Waals surface area (Å²) < 4.78 is 15.0. The molecule has 3 aliphatic rings. The summed E-state index contributed by atoms with van der Waals surface area (Å²) >= 11 is 0. The van der Waals surface area contributed by atoms with Gasteiger partial charge in [0.25, 0.3) is 5.91 Å². The Morgan fingerprint density at radius 2 is 1.96 bits per heavy atom. The van der Waals surface area contributed by atoms with Gasteiger partial charge in [0.1, 0.15) is 5.82 Å². The summed E-state index contributed by atoms with van der Waals surface area (Å²) in [4.78, 5) is 17.7. The van der Waals surface area contributed by atoms with Gasteiger partial charge in [0, 0.05) is 45.0 Å². The number of fused-ring (bicyclic) bond motifs is 4. The number of amides is 1. The molecule has 0 spiro atoms. The highest BCUT2D eigenvalue weighted by atomic mass is 19.1. The van der Waals surface area contributed by atoms with Gasteiger partial charge in [0.15, 0.2) is 0 Å². The summed E-state index contributed by atoms with van der Waals surface area (Å²) in [7, 11) is 0. The van der Waals surface area contributed by atoms with E-state index in [1.54, 1.807) is 0 Å². The van der Waals surface area contributed by atoms with Gasteiger partial charge in [-0.3, -0.25) is 14.4 Å². The molecule has 1 amide bonds. The third-order valence-electron chi connectivity index (χ3n) is 5.87. The number of aromatic nitrogens is 2. The fourth-order valence-electron chi connectivity index (χ4n) is 4.45. The summed E-state index contributed by atoms with van der Waals surface area (Å²) in [5.74, 6) is 0.412. The minimum atomic E-state index is -0.200. The highest BCUT2D eigenvalue weighted by Gasteiger charge is 2.38. The summed E-state index contributed by atoms with van der Waals surface area (Å²) in [5, 5.41) is 4.44. The zero-order chi connectivity index (χ0) is 19.0. The van der Waals surface area contributed by atoms with Gasteiger partial charge in [-0.05, 0) is 50.3 Å². The number of piperidine rings is 1. The first kappa shape index (κ1) is 18.2. The van der Waals surface area contributed by atoms with Crippen molar-refractivity contribution in [3.63, 3.8) is 0 Å². The van der Waals surface area contributed by atoms with Crippen molar-refractivity contribution in [1.82, 2.24) is 19.6 Å². The van der Waals surface area contributed by atoms with E-state index in [2.05, 4.69) is 14.9 Å². The first-order chi connectivity index (χ1) is 13.0. The van der Waals surface area contributed by atoms with Crippen LogP contribution in [0.2, 0.25) is 0 Å². The number of carbonyl (C=O) groups excluding carboxylic acids is 1. The Bertz CT molecular complexity index is 816. The molecule has 0 radical (unpaired) electrons. The Morgan fingerprint density at radius 3 is 2.67 bits per heavy atom. The van der Waals surface area contributed by atoms with Crippen LogP contribution in [0.3, 0.4) is 0 Å². The predicted molar refractivity (Wildman–Crippen MR) is 102 cm³/mol. The number of halogens is 1. The molecule has 2 atom stereocenters. The van der Waals surface area contributed by atoms with Crippen LogP contribution in [0.4, 0.5) is 4.39 Å². The number of aryl methyl sites for hydroxylation is 2. The molecule has 5 nitrogen and oxygen atoms in total. The molecular weight excluding hydrogens is 343 g/mol. The smallest absolute Gasteiger partial charge is 0.257 e. The van der Waals surface area contributed by atoms with Crippen molar-refractivity contribution in [2.75, 3.05) is 19.6 Å². The Hall–Kier alpha value is -2.21. The van der Waals surface area contributed by atoms with Crippen LogP contribution >= 0.6 is 0 Å². The molecule has 0 N–H and O–H groups in total. The van der Waals surface area contributed by atoms with E-state index in [0.717, 1.165) is 56.0 Å². The standard InChI is InChI=1S/C21H27FN4O/c1-3-25-14-20(15(2)23-25)21(27)26-12-17-6-9-19(26)13-24(11-17)10-16-4-7-18(22)8-5-16/h4-5,7-8,14,17,19H,3,6,9-13H2,1-2H3/t17-,19+/m1/s1. The maximum absolute atomic E-state index is 13.2. The molecule has 0 aliphatic carbocycles. The Kier molecular flexibility index (Phi) is 5.00. The van der Waals surface area contributed by atoms with E-state index in [-0.39, 0.29) is 17.8 Å². The van der Waals surface area contributed by atoms with Crippen LogP contribution in [0.15, 0.2) is 30.5 Å². The van der Waals surface area contributed by atoms with Crippen molar-refractivity contribution >= 4 is 5.91 Å². The average Bonchev–Trinajstić information content (AvgIpc) is 2.83. The van der Waals surface area contributed by atoms with E-state index in [4.69, 9.17) is 0 Å². The second-order valence-electron chi connectivity index (χ2n) is 7.86. The maximum Gasteiger partial charge on any atom is 0.257 e. The molecule has 3 aliphatic heterocycles. The fourth-order valence-corrected chi connectivity index (χ4v) is 4.45. The van der Waals surface area contributed by atoms with Crippen LogP contribution in [0.5, 0.6) is 0 Å². The van der Waals surface area contributed by atoms with Crippen molar-refractivity contribution in [3.05, 3.63) is 53.1 Å². The quantitative estimate of drug-likeness (QED) is 0.831. The van der Waals surface area contributed by atoms with Crippen molar-refractivity contribution in [3.8, 4) is 0 Å². The Labute approximate surface area is 159 Å². The number of nitrogens with zero attached hydrogens (tertiary/aromatic N) is 4. The molecule has 1 aromatic heterocycles. The molecule has 6 heteroatoms. The first-order valence-electron chi connectivity index (χ1n) is 9.85. The van der Waals surface area contributed by atoms with Gasteiger partial charge in [-0.25, -0.2) is 4.39 Å². The summed E-state index contributed by atoms with van der Waals surface area (Å²) in [6.07, 6.45) is 4.10. The van der Waals surface area contributed by atoms with Gasteiger partial charge in [0.05, 0.1) is 11.3 Å². The van der Waals surface area contributed by atoms with Crippen LogP contribution < -0.4 is 0 Å². The molecular formula is C21H27FN4O. The zero-order valence-electron chi connectivity index (χ0n) is 16.1. The Morgan fingerprint density at radius 1 is 1.19 bits per heavy atom. The predicted octanol–water partition coefficient (Wildman–Crippen LogP) is 3.09. The van der Waals surface area contributed by atoms with Gasteiger partial charge < -0.3 is 4.90 Å². The maximum atomic E-state index is 13.2. The van der Waals surface area contributed by atoms with E-state index in [1.807, 2.05) is 36.9 Å². The number of carbonyl (C=O) groups is 1. The first-order valence-corrected chi connectivity index (χ1v) is 9.85. The third-order valence-corrected chi connectivity index (χ3v) is 5.87.